The third-order valence-corrected chi connectivity index (χ3v) is 3.56. The lowest BCUT2D eigenvalue weighted by molar-refractivity contribution is -0.145. The van der Waals surface area contributed by atoms with Crippen molar-refractivity contribution in [1.82, 2.24) is 0 Å². The Kier molecular flexibility index (Phi) is 2.97. The van der Waals surface area contributed by atoms with Gasteiger partial charge in [-0.3, -0.25) is 4.79 Å². The molecule has 16 heavy (non-hydrogen) atoms. The molecule has 3 nitrogen and oxygen atoms in total. The number of carboxylic acid groups (broad SMARTS) is 1. The Labute approximate surface area is 95.3 Å². The number of hydrogen-bond donors (Lipinski definition) is 2. The minimum Gasteiger partial charge on any atom is -0.480 e. The molecule has 1 unspecified atom stereocenters. The van der Waals surface area contributed by atoms with Crippen molar-refractivity contribution in [2.75, 3.05) is 0 Å². The number of carboxylic acids is 1. The van der Waals surface area contributed by atoms with Crippen LogP contribution in [-0.2, 0) is 4.79 Å². The fraction of sp³-hybridized carbons (Fsp3) is 0.462. The van der Waals surface area contributed by atoms with E-state index in [9.17, 15) is 9.90 Å². The molecule has 2 rings (SSSR count). The van der Waals surface area contributed by atoms with Gasteiger partial charge in [0.2, 0.25) is 0 Å². The Hall–Kier alpha value is -1.35. The summed E-state index contributed by atoms with van der Waals surface area (Å²) in [7, 11) is 0. The van der Waals surface area contributed by atoms with Crippen LogP contribution in [0.15, 0.2) is 30.3 Å². The zero-order valence-corrected chi connectivity index (χ0v) is 9.23. The van der Waals surface area contributed by atoms with Gasteiger partial charge in [0.15, 0.2) is 0 Å². The standard InChI is InChI=1S/C13H17NO2/c14-13(12(15)16)9-5-4-8-11(13)10-6-2-1-3-7-10/h1-3,6-7,11H,4-5,8-9,14H2,(H,15,16)/t11?,13-/m1/s1. The van der Waals surface area contributed by atoms with E-state index in [2.05, 4.69) is 0 Å². The number of rotatable bonds is 2. The van der Waals surface area contributed by atoms with Gasteiger partial charge in [0, 0.05) is 5.92 Å². The summed E-state index contributed by atoms with van der Waals surface area (Å²) in [5.41, 5.74) is 6.04. The van der Waals surface area contributed by atoms with Crippen LogP contribution < -0.4 is 5.73 Å². The topological polar surface area (TPSA) is 63.3 Å². The van der Waals surface area contributed by atoms with Crippen LogP contribution in [0.2, 0.25) is 0 Å². The zero-order chi connectivity index (χ0) is 11.6. The van der Waals surface area contributed by atoms with E-state index < -0.39 is 11.5 Å². The van der Waals surface area contributed by atoms with Crippen LogP contribution in [0.1, 0.15) is 37.2 Å². The van der Waals surface area contributed by atoms with E-state index >= 15 is 0 Å². The number of benzene rings is 1. The van der Waals surface area contributed by atoms with Gasteiger partial charge in [0.25, 0.3) is 0 Å². The highest BCUT2D eigenvalue weighted by Gasteiger charge is 2.44. The molecule has 3 N–H and O–H groups in total. The molecule has 1 aliphatic carbocycles. The molecule has 2 atom stereocenters. The molecule has 0 radical (unpaired) electrons. The maximum Gasteiger partial charge on any atom is 0.324 e. The maximum atomic E-state index is 11.3. The highest BCUT2D eigenvalue weighted by atomic mass is 16.4. The van der Waals surface area contributed by atoms with E-state index in [1.807, 2.05) is 30.3 Å². The van der Waals surface area contributed by atoms with Gasteiger partial charge in [-0.25, -0.2) is 0 Å². The van der Waals surface area contributed by atoms with E-state index in [4.69, 9.17) is 5.73 Å². The van der Waals surface area contributed by atoms with Gasteiger partial charge in [-0.15, -0.1) is 0 Å². The molecule has 1 saturated carbocycles. The molecule has 0 saturated heterocycles. The highest BCUT2D eigenvalue weighted by Crippen LogP contribution is 2.39. The summed E-state index contributed by atoms with van der Waals surface area (Å²) in [4.78, 5) is 11.3. The van der Waals surface area contributed by atoms with Crippen molar-refractivity contribution in [1.29, 1.82) is 0 Å². The number of hydrogen-bond acceptors (Lipinski definition) is 2. The van der Waals surface area contributed by atoms with Gasteiger partial charge < -0.3 is 10.8 Å². The molecular weight excluding hydrogens is 202 g/mol. The molecule has 1 aromatic carbocycles. The summed E-state index contributed by atoms with van der Waals surface area (Å²) in [6.45, 7) is 0. The largest absolute Gasteiger partial charge is 0.480 e. The second-order valence-electron chi connectivity index (χ2n) is 4.55. The molecule has 0 aromatic heterocycles. The third kappa shape index (κ3) is 1.83. The van der Waals surface area contributed by atoms with Crippen molar-refractivity contribution in [2.45, 2.75) is 37.1 Å². The minimum absolute atomic E-state index is 0.0556. The van der Waals surface area contributed by atoms with Gasteiger partial charge in [-0.05, 0) is 18.4 Å². The Morgan fingerprint density at radius 3 is 2.62 bits per heavy atom. The van der Waals surface area contributed by atoms with Crippen molar-refractivity contribution >= 4 is 5.97 Å². The Balaban J connectivity index is 2.34. The van der Waals surface area contributed by atoms with Crippen molar-refractivity contribution < 1.29 is 9.90 Å². The second kappa shape index (κ2) is 4.26. The molecule has 3 heteroatoms. The number of aliphatic carboxylic acids is 1. The summed E-state index contributed by atoms with van der Waals surface area (Å²) in [6, 6.07) is 9.75. The van der Waals surface area contributed by atoms with E-state index in [1.165, 1.54) is 0 Å². The van der Waals surface area contributed by atoms with Crippen LogP contribution in [-0.4, -0.2) is 16.6 Å². The predicted octanol–water partition coefficient (Wildman–Crippen LogP) is 2.13. The van der Waals surface area contributed by atoms with E-state index in [-0.39, 0.29) is 5.92 Å². The molecule has 1 aromatic rings. The summed E-state index contributed by atoms with van der Waals surface area (Å²) in [6.07, 6.45) is 3.41. The fourth-order valence-corrected chi connectivity index (χ4v) is 2.60. The molecule has 1 aliphatic rings. The summed E-state index contributed by atoms with van der Waals surface area (Å²) in [5, 5.41) is 9.30. The van der Waals surface area contributed by atoms with Crippen LogP contribution in [0.5, 0.6) is 0 Å². The summed E-state index contributed by atoms with van der Waals surface area (Å²) in [5.74, 6) is -0.930. The molecular formula is C13H17NO2. The Bertz CT molecular complexity index is 377. The van der Waals surface area contributed by atoms with Crippen LogP contribution in [0.4, 0.5) is 0 Å². The smallest absolute Gasteiger partial charge is 0.324 e. The SMILES string of the molecule is N[C@]1(C(=O)O)CCCCC1c1ccccc1. The van der Waals surface area contributed by atoms with Crippen LogP contribution >= 0.6 is 0 Å². The van der Waals surface area contributed by atoms with Crippen molar-refractivity contribution in [3.8, 4) is 0 Å². The maximum absolute atomic E-state index is 11.3. The summed E-state index contributed by atoms with van der Waals surface area (Å²) < 4.78 is 0. The molecule has 0 heterocycles. The first-order chi connectivity index (χ1) is 7.64. The first-order valence-electron chi connectivity index (χ1n) is 5.72. The summed E-state index contributed by atoms with van der Waals surface area (Å²) >= 11 is 0. The monoisotopic (exact) mass is 219 g/mol. The number of nitrogens with two attached hydrogens (primary N) is 1. The van der Waals surface area contributed by atoms with Gasteiger partial charge >= 0.3 is 5.97 Å². The molecule has 0 aliphatic heterocycles. The van der Waals surface area contributed by atoms with Crippen LogP contribution in [0.3, 0.4) is 0 Å². The minimum atomic E-state index is -1.08. The predicted molar refractivity (Wildman–Crippen MR) is 62.2 cm³/mol. The lowest BCUT2D eigenvalue weighted by atomic mass is 9.70. The first-order valence-corrected chi connectivity index (χ1v) is 5.72. The highest BCUT2D eigenvalue weighted by molar-refractivity contribution is 5.80. The third-order valence-electron chi connectivity index (χ3n) is 3.56. The lowest BCUT2D eigenvalue weighted by Crippen LogP contribution is -2.54. The lowest BCUT2D eigenvalue weighted by Gasteiger charge is -2.38. The van der Waals surface area contributed by atoms with Gasteiger partial charge in [-0.1, -0.05) is 43.2 Å². The van der Waals surface area contributed by atoms with Crippen molar-refractivity contribution in [3.05, 3.63) is 35.9 Å². The van der Waals surface area contributed by atoms with Gasteiger partial charge in [0.05, 0.1) is 0 Å². The molecule has 0 amide bonds. The van der Waals surface area contributed by atoms with Crippen LogP contribution in [0, 0.1) is 0 Å². The molecule has 1 fully saturated rings. The van der Waals surface area contributed by atoms with Crippen LogP contribution in [0.25, 0.3) is 0 Å². The average molecular weight is 219 g/mol. The second-order valence-corrected chi connectivity index (χ2v) is 4.55. The molecule has 0 spiro atoms. The molecule has 0 bridgehead atoms. The van der Waals surface area contributed by atoms with Gasteiger partial charge in [-0.2, -0.15) is 0 Å². The van der Waals surface area contributed by atoms with Gasteiger partial charge in [0.1, 0.15) is 5.54 Å². The van der Waals surface area contributed by atoms with Crippen molar-refractivity contribution in [3.63, 3.8) is 0 Å². The quantitative estimate of drug-likeness (QED) is 0.800. The number of carbonyl (C=O) groups is 1. The van der Waals surface area contributed by atoms with E-state index in [1.54, 1.807) is 0 Å². The molecule has 86 valence electrons. The van der Waals surface area contributed by atoms with E-state index in [0.29, 0.717) is 6.42 Å². The Morgan fingerprint density at radius 2 is 2.00 bits per heavy atom. The Morgan fingerprint density at radius 1 is 1.31 bits per heavy atom. The zero-order valence-electron chi connectivity index (χ0n) is 9.23. The average Bonchev–Trinajstić information content (AvgIpc) is 2.30. The van der Waals surface area contributed by atoms with E-state index in [0.717, 1.165) is 24.8 Å². The normalized spacial score (nSPS) is 29.9. The first kappa shape index (κ1) is 11.1. The van der Waals surface area contributed by atoms with Crippen molar-refractivity contribution in [2.24, 2.45) is 5.73 Å². The fourth-order valence-electron chi connectivity index (χ4n) is 2.60.